The Morgan fingerprint density at radius 1 is 1.12 bits per heavy atom. The number of carbonyl (C=O) groups excluding carboxylic acids is 1. The third-order valence-corrected chi connectivity index (χ3v) is 6.33. The van der Waals surface area contributed by atoms with Crippen LogP contribution in [0.4, 0.5) is 10.9 Å². The molecule has 1 amide bonds. The maximum Gasteiger partial charge on any atom is 0.291 e. The minimum absolute atomic E-state index is 0.257. The molecule has 164 valence electrons. The lowest BCUT2D eigenvalue weighted by Gasteiger charge is -2.21. The molecule has 6 nitrogen and oxygen atoms in total. The van der Waals surface area contributed by atoms with Crippen LogP contribution in [0.3, 0.4) is 0 Å². The Balaban J connectivity index is 1.78. The van der Waals surface area contributed by atoms with Gasteiger partial charge in [-0.15, -0.1) is 11.3 Å². The van der Waals surface area contributed by atoms with Crippen molar-refractivity contribution >= 4 is 39.8 Å². The molecule has 0 spiro atoms. The smallest absolute Gasteiger partial charge is 0.291 e. The summed E-state index contributed by atoms with van der Waals surface area (Å²) in [4.78, 5) is 23.0. The molecule has 4 aromatic rings. The lowest BCUT2D eigenvalue weighted by atomic mass is 10.00. The molecule has 32 heavy (non-hydrogen) atoms. The number of rotatable bonds is 7. The van der Waals surface area contributed by atoms with E-state index in [0.717, 1.165) is 38.8 Å². The molecular formula is C24H23ClN4O2S. The maximum atomic E-state index is 12.7. The standard InChI is InChI=1S/C24H23ClN4O2S/c1-4-18-13-19(23(32-18)29-22(30)20-9-6-10-31-20)21(16-7-5-8-17(25)12-16)28-24-26-14(2)11-15(3)27-24/h5-13,21H,4H2,1-3H3,(H,29,30)(H,26,27,28)/t21-/m1/s1. The van der Waals surface area contributed by atoms with Gasteiger partial charge in [0.2, 0.25) is 5.95 Å². The maximum absolute atomic E-state index is 12.7. The third-order valence-electron chi connectivity index (χ3n) is 4.88. The second kappa shape index (κ2) is 9.54. The summed E-state index contributed by atoms with van der Waals surface area (Å²) in [5.41, 5.74) is 3.59. The van der Waals surface area contributed by atoms with Crippen LogP contribution in [-0.2, 0) is 6.42 Å². The summed E-state index contributed by atoms with van der Waals surface area (Å²) in [7, 11) is 0. The van der Waals surface area contributed by atoms with Crippen LogP contribution in [0.15, 0.2) is 59.2 Å². The van der Waals surface area contributed by atoms with E-state index >= 15 is 0 Å². The molecule has 1 atom stereocenters. The van der Waals surface area contributed by atoms with E-state index in [4.69, 9.17) is 16.0 Å². The van der Waals surface area contributed by atoms with Gasteiger partial charge in [-0.05, 0) is 62.2 Å². The molecule has 0 aliphatic rings. The van der Waals surface area contributed by atoms with Crippen molar-refractivity contribution in [3.05, 3.63) is 93.0 Å². The van der Waals surface area contributed by atoms with E-state index in [-0.39, 0.29) is 17.7 Å². The average molecular weight is 467 g/mol. The van der Waals surface area contributed by atoms with Gasteiger partial charge in [0.25, 0.3) is 5.91 Å². The Hall–Kier alpha value is -3.16. The minimum atomic E-state index is -0.321. The number of aromatic nitrogens is 2. The van der Waals surface area contributed by atoms with Crippen molar-refractivity contribution in [1.82, 2.24) is 9.97 Å². The van der Waals surface area contributed by atoms with E-state index in [0.29, 0.717) is 11.0 Å². The molecule has 0 radical (unpaired) electrons. The summed E-state index contributed by atoms with van der Waals surface area (Å²) in [6.07, 6.45) is 2.33. The Morgan fingerprint density at radius 3 is 2.56 bits per heavy atom. The summed E-state index contributed by atoms with van der Waals surface area (Å²) >= 11 is 7.86. The van der Waals surface area contributed by atoms with Gasteiger partial charge in [-0.1, -0.05) is 30.7 Å². The molecule has 3 aromatic heterocycles. The van der Waals surface area contributed by atoms with E-state index in [2.05, 4.69) is 33.6 Å². The minimum Gasteiger partial charge on any atom is -0.459 e. The molecule has 0 saturated heterocycles. The van der Waals surface area contributed by atoms with Gasteiger partial charge in [-0.3, -0.25) is 4.79 Å². The molecule has 2 N–H and O–H groups in total. The van der Waals surface area contributed by atoms with Gasteiger partial charge in [0, 0.05) is 26.9 Å². The number of nitrogens with zero attached hydrogens (tertiary/aromatic N) is 2. The van der Waals surface area contributed by atoms with Gasteiger partial charge in [0.05, 0.1) is 12.3 Å². The molecule has 4 rings (SSSR count). The van der Waals surface area contributed by atoms with Crippen LogP contribution < -0.4 is 10.6 Å². The number of aryl methyl sites for hydroxylation is 3. The van der Waals surface area contributed by atoms with Crippen molar-refractivity contribution in [3.63, 3.8) is 0 Å². The zero-order valence-corrected chi connectivity index (χ0v) is 19.6. The summed E-state index contributed by atoms with van der Waals surface area (Å²) < 4.78 is 5.26. The molecule has 0 saturated carbocycles. The lowest BCUT2D eigenvalue weighted by molar-refractivity contribution is 0.0997. The first-order valence-electron chi connectivity index (χ1n) is 10.2. The quantitative estimate of drug-likeness (QED) is 0.328. The number of thiophene rings is 1. The molecule has 0 fully saturated rings. The predicted molar refractivity (Wildman–Crippen MR) is 129 cm³/mol. The number of amides is 1. The van der Waals surface area contributed by atoms with Crippen molar-refractivity contribution in [2.45, 2.75) is 33.2 Å². The molecule has 8 heteroatoms. The number of furan rings is 1. The van der Waals surface area contributed by atoms with E-state index < -0.39 is 0 Å². The van der Waals surface area contributed by atoms with Crippen LogP contribution in [0, 0.1) is 13.8 Å². The van der Waals surface area contributed by atoms with Gasteiger partial charge in [-0.2, -0.15) is 0 Å². The molecule has 1 aromatic carbocycles. The predicted octanol–water partition coefficient (Wildman–Crippen LogP) is 6.42. The van der Waals surface area contributed by atoms with E-state index in [1.807, 2.05) is 44.2 Å². The normalized spacial score (nSPS) is 11.9. The summed E-state index contributed by atoms with van der Waals surface area (Å²) in [6.45, 7) is 5.95. The first kappa shape index (κ1) is 22.0. The van der Waals surface area contributed by atoms with Gasteiger partial charge >= 0.3 is 0 Å². The fourth-order valence-electron chi connectivity index (χ4n) is 3.46. The number of hydrogen-bond acceptors (Lipinski definition) is 6. The van der Waals surface area contributed by atoms with Crippen molar-refractivity contribution in [3.8, 4) is 0 Å². The topological polar surface area (TPSA) is 80.0 Å². The largest absolute Gasteiger partial charge is 0.459 e. The Kier molecular flexibility index (Phi) is 6.58. The number of benzene rings is 1. The fourth-order valence-corrected chi connectivity index (χ4v) is 4.69. The second-order valence-electron chi connectivity index (χ2n) is 7.39. The number of hydrogen-bond donors (Lipinski definition) is 2. The van der Waals surface area contributed by atoms with Crippen molar-refractivity contribution in [2.75, 3.05) is 10.6 Å². The number of nitrogens with one attached hydrogen (secondary N) is 2. The first-order valence-corrected chi connectivity index (χ1v) is 11.4. The van der Waals surface area contributed by atoms with Gasteiger partial charge in [-0.25, -0.2) is 9.97 Å². The van der Waals surface area contributed by atoms with Gasteiger partial charge < -0.3 is 15.1 Å². The Morgan fingerprint density at radius 2 is 1.91 bits per heavy atom. The van der Waals surface area contributed by atoms with E-state index in [9.17, 15) is 4.79 Å². The fraction of sp³-hybridized carbons (Fsp3) is 0.208. The van der Waals surface area contributed by atoms with Gasteiger partial charge in [0.15, 0.2) is 5.76 Å². The zero-order valence-electron chi connectivity index (χ0n) is 18.0. The molecule has 0 bridgehead atoms. The number of anilines is 2. The van der Waals surface area contributed by atoms with Crippen LogP contribution >= 0.6 is 22.9 Å². The average Bonchev–Trinajstić information content (AvgIpc) is 3.41. The van der Waals surface area contributed by atoms with E-state index in [1.165, 1.54) is 6.26 Å². The number of halogens is 1. The highest BCUT2D eigenvalue weighted by Crippen LogP contribution is 2.38. The summed E-state index contributed by atoms with van der Waals surface area (Å²) in [6, 6.07) is 14.7. The SMILES string of the molecule is CCc1cc([C@H](Nc2nc(C)cc(C)n2)c2cccc(Cl)c2)c(NC(=O)c2ccco2)s1. The van der Waals surface area contributed by atoms with Crippen LogP contribution in [0.5, 0.6) is 0 Å². The Bertz CT molecular complexity index is 1220. The zero-order chi connectivity index (χ0) is 22.7. The van der Waals surface area contributed by atoms with Crippen molar-refractivity contribution < 1.29 is 9.21 Å². The lowest BCUT2D eigenvalue weighted by Crippen LogP contribution is -2.18. The molecule has 0 aliphatic carbocycles. The van der Waals surface area contributed by atoms with Gasteiger partial charge in [0.1, 0.15) is 5.00 Å². The first-order chi connectivity index (χ1) is 15.4. The summed E-state index contributed by atoms with van der Waals surface area (Å²) in [5.74, 6) is 0.473. The highest BCUT2D eigenvalue weighted by Gasteiger charge is 2.24. The van der Waals surface area contributed by atoms with Crippen LogP contribution in [-0.4, -0.2) is 15.9 Å². The monoisotopic (exact) mass is 466 g/mol. The Labute approximate surface area is 195 Å². The number of carbonyl (C=O) groups is 1. The van der Waals surface area contributed by atoms with Crippen molar-refractivity contribution in [1.29, 1.82) is 0 Å². The van der Waals surface area contributed by atoms with Crippen LogP contribution in [0.2, 0.25) is 5.02 Å². The van der Waals surface area contributed by atoms with Crippen LogP contribution in [0.1, 0.15) is 50.9 Å². The molecular weight excluding hydrogens is 444 g/mol. The summed E-state index contributed by atoms with van der Waals surface area (Å²) in [5, 5.41) is 7.84. The molecule has 0 unspecified atom stereocenters. The molecule has 0 aliphatic heterocycles. The third kappa shape index (κ3) is 5.00. The highest BCUT2D eigenvalue weighted by molar-refractivity contribution is 7.16. The van der Waals surface area contributed by atoms with E-state index in [1.54, 1.807) is 23.5 Å². The van der Waals surface area contributed by atoms with Crippen LogP contribution in [0.25, 0.3) is 0 Å². The van der Waals surface area contributed by atoms with Crippen molar-refractivity contribution in [2.24, 2.45) is 0 Å². The second-order valence-corrected chi connectivity index (χ2v) is 8.96. The molecule has 3 heterocycles. The highest BCUT2D eigenvalue weighted by atomic mass is 35.5.